The van der Waals surface area contributed by atoms with E-state index in [-0.39, 0.29) is 25.1 Å². The fraction of sp³-hybridized carbons (Fsp3) is 0.391. The fourth-order valence-corrected chi connectivity index (χ4v) is 4.20. The van der Waals surface area contributed by atoms with Crippen molar-refractivity contribution >= 4 is 35.0 Å². The highest BCUT2D eigenvalue weighted by Crippen LogP contribution is 2.42. The van der Waals surface area contributed by atoms with Crippen molar-refractivity contribution in [1.82, 2.24) is 10.2 Å². The van der Waals surface area contributed by atoms with Crippen LogP contribution in [0, 0.1) is 0 Å². The molecule has 2 aromatic rings. The van der Waals surface area contributed by atoms with Gasteiger partial charge in [0.2, 0.25) is 11.8 Å². The van der Waals surface area contributed by atoms with Gasteiger partial charge in [0.05, 0.1) is 6.04 Å². The molecule has 31 heavy (non-hydrogen) atoms. The summed E-state index contributed by atoms with van der Waals surface area (Å²) in [7, 11) is 0. The highest BCUT2D eigenvalue weighted by molar-refractivity contribution is 6.30. The zero-order chi connectivity index (χ0) is 22.4. The summed E-state index contributed by atoms with van der Waals surface area (Å²) >= 11 is 12.2. The fourth-order valence-electron chi connectivity index (χ4n) is 3.95. The third kappa shape index (κ3) is 5.77. The second kappa shape index (κ2) is 11.0. The van der Waals surface area contributed by atoms with E-state index in [0.717, 1.165) is 17.5 Å². The highest BCUT2D eigenvalue weighted by Gasteiger charge is 2.41. The van der Waals surface area contributed by atoms with Crippen LogP contribution in [0.1, 0.15) is 43.0 Å². The molecule has 8 heteroatoms. The van der Waals surface area contributed by atoms with E-state index in [0.29, 0.717) is 16.5 Å². The number of carbonyl (C=O) groups excluding carboxylic acids is 2. The molecule has 2 aromatic carbocycles. The first kappa shape index (κ1) is 23.5. The van der Waals surface area contributed by atoms with Gasteiger partial charge in [-0.2, -0.15) is 0 Å². The first-order valence-electron chi connectivity index (χ1n) is 10.3. The van der Waals surface area contributed by atoms with Crippen LogP contribution < -0.4 is 5.32 Å². The van der Waals surface area contributed by atoms with Gasteiger partial charge in [-0.1, -0.05) is 60.8 Å². The van der Waals surface area contributed by atoms with E-state index in [4.69, 9.17) is 33.0 Å². The van der Waals surface area contributed by atoms with Crippen molar-refractivity contribution in [3.05, 3.63) is 69.7 Å². The van der Waals surface area contributed by atoms with Crippen molar-refractivity contribution in [2.24, 2.45) is 0 Å². The first-order valence-corrected chi connectivity index (χ1v) is 11.0. The predicted octanol–water partition coefficient (Wildman–Crippen LogP) is 3.91. The third-order valence-electron chi connectivity index (χ3n) is 5.36. The molecule has 0 radical (unpaired) electrons. The van der Waals surface area contributed by atoms with Gasteiger partial charge >= 0.3 is 0 Å². The zero-order valence-corrected chi connectivity index (χ0v) is 18.8. The molecule has 166 valence electrons. The minimum Gasteiger partial charge on any atom is -0.387 e. The second-order valence-electron chi connectivity index (χ2n) is 7.49. The minimum absolute atomic E-state index is 0.0639. The van der Waals surface area contributed by atoms with Crippen molar-refractivity contribution in [3.63, 3.8) is 0 Å². The summed E-state index contributed by atoms with van der Waals surface area (Å²) in [5.74, 6) is -0.624. The number of carbonyl (C=O) groups is 2. The lowest BCUT2D eigenvalue weighted by molar-refractivity contribution is -0.163. The van der Waals surface area contributed by atoms with Crippen LogP contribution in [0.2, 0.25) is 10.0 Å². The van der Waals surface area contributed by atoms with Crippen molar-refractivity contribution < 1.29 is 19.4 Å². The average Bonchev–Trinajstić information content (AvgIpc) is 2.77. The van der Waals surface area contributed by atoms with Gasteiger partial charge in [-0.3, -0.25) is 9.59 Å². The van der Waals surface area contributed by atoms with Crippen molar-refractivity contribution in [3.8, 4) is 0 Å². The molecule has 0 spiro atoms. The van der Waals surface area contributed by atoms with Gasteiger partial charge in [-0.25, -0.2) is 0 Å². The van der Waals surface area contributed by atoms with Gasteiger partial charge < -0.3 is 20.1 Å². The highest BCUT2D eigenvalue weighted by atomic mass is 35.5. The molecule has 2 N–H and O–H groups in total. The molecule has 1 fully saturated rings. The maximum absolute atomic E-state index is 13.1. The summed E-state index contributed by atoms with van der Waals surface area (Å²) in [6, 6.07) is 14.1. The number of benzene rings is 2. The van der Waals surface area contributed by atoms with Crippen LogP contribution in [0.3, 0.4) is 0 Å². The van der Waals surface area contributed by atoms with Gasteiger partial charge in [0.25, 0.3) is 0 Å². The molecule has 1 saturated heterocycles. The van der Waals surface area contributed by atoms with Gasteiger partial charge in [0, 0.05) is 22.6 Å². The van der Waals surface area contributed by atoms with Crippen molar-refractivity contribution in [2.75, 3.05) is 19.8 Å². The lowest BCUT2D eigenvalue weighted by Crippen LogP contribution is -2.54. The normalized spacial score (nSPS) is 19.9. The lowest BCUT2D eigenvalue weighted by atomic mass is 9.90. The van der Waals surface area contributed by atoms with Crippen molar-refractivity contribution in [1.29, 1.82) is 0 Å². The first-order chi connectivity index (χ1) is 14.9. The number of amides is 2. The summed E-state index contributed by atoms with van der Waals surface area (Å²) in [5, 5.41) is 13.0. The molecule has 3 rings (SSSR count). The Bertz CT molecular complexity index is 889. The monoisotopic (exact) mass is 464 g/mol. The Labute approximate surface area is 192 Å². The Kier molecular flexibility index (Phi) is 8.32. The summed E-state index contributed by atoms with van der Waals surface area (Å²) < 4.78 is 6.02. The number of halogens is 2. The van der Waals surface area contributed by atoms with Gasteiger partial charge in [0.15, 0.2) is 0 Å². The molecule has 1 aliphatic heterocycles. The standard InChI is InChI=1S/C23H26Cl2N2O4/c1-2-3-19(12-26-20(29)13-28)27-21(30)14-31-23(16-6-10-18(25)11-7-16)22(27)15-4-8-17(24)9-5-15/h4-11,19,22-23,28H,2-3,12-14H2,1H3,(H,26,29)/t19-,22-,23+/m0/s1. The Hall–Kier alpha value is -2.12. The van der Waals surface area contributed by atoms with E-state index in [1.54, 1.807) is 24.3 Å². The number of aliphatic hydroxyl groups is 1. The predicted molar refractivity (Wildman–Crippen MR) is 120 cm³/mol. The van der Waals surface area contributed by atoms with Crippen LogP contribution >= 0.6 is 23.2 Å². The van der Waals surface area contributed by atoms with Crippen LogP contribution in [-0.2, 0) is 14.3 Å². The molecule has 0 aromatic heterocycles. The summed E-state index contributed by atoms with van der Waals surface area (Å²) in [6.45, 7) is 1.62. The largest absolute Gasteiger partial charge is 0.387 e. The Balaban J connectivity index is 2.03. The molecular weight excluding hydrogens is 439 g/mol. The molecule has 0 bridgehead atoms. The number of nitrogens with zero attached hydrogens (tertiary/aromatic N) is 1. The molecule has 0 aliphatic carbocycles. The van der Waals surface area contributed by atoms with Gasteiger partial charge in [-0.15, -0.1) is 0 Å². The maximum atomic E-state index is 13.1. The number of rotatable bonds is 8. The third-order valence-corrected chi connectivity index (χ3v) is 5.87. The topological polar surface area (TPSA) is 78.9 Å². The minimum atomic E-state index is -0.593. The molecular formula is C23H26Cl2N2O4. The van der Waals surface area contributed by atoms with E-state index < -0.39 is 24.7 Å². The molecule has 3 atom stereocenters. The number of hydrogen-bond acceptors (Lipinski definition) is 4. The zero-order valence-electron chi connectivity index (χ0n) is 17.3. The summed E-state index contributed by atoms with van der Waals surface area (Å²) in [5.41, 5.74) is 1.78. The van der Waals surface area contributed by atoms with E-state index in [2.05, 4.69) is 5.32 Å². The molecule has 1 aliphatic rings. The molecule has 1 heterocycles. The number of ether oxygens (including phenoxy) is 1. The Morgan fingerprint density at radius 2 is 1.71 bits per heavy atom. The Morgan fingerprint density at radius 1 is 1.13 bits per heavy atom. The molecule has 0 unspecified atom stereocenters. The SMILES string of the molecule is CCC[C@@H](CNC(=O)CO)N1C(=O)CO[C@H](c2ccc(Cl)cc2)[C@@H]1c1ccc(Cl)cc1. The van der Waals surface area contributed by atoms with Crippen LogP contribution in [0.25, 0.3) is 0 Å². The summed E-state index contributed by atoms with van der Waals surface area (Å²) in [4.78, 5) is 26.6. The lowest BCUT2D eigenvalue weighted by Gasteiger charge is -2.45. The molecule has 2 amide bonds. The number of nitrogens with one attached hydrogen (secondary N) is 1. The van der Waals surface area contributed by atoms with Crippen LogP contribution in [-0.4, -0.2) is 47.6 Å². The smallest absolute Gasteiger partial charge is 0.249 e. The van der Waals surface area contributed by atoms with E-state index >= 15 is 0 Å². The maximum Gasteiger partial charge on any atom is 0.249 e. The number of hydrogen-bond donors (Lipinski definition) is 2. The molecule has 0 saturated carbocycles. The van der Waals surface area contributed by atoms with Gasteiger partial charge in [0.1, 0.15) is 19.3 Å². The van der Waals surface area contributed by atoms with Gasteiger partial charge in [-0.05, 0) is 41.8 Å². The van der Waals surface area contributed by atoms with Crippen LogP contribution in [0.15, 0.2) is 48.5 Å². The van der Waals surface area contributed by atoms with Crippen molar-refractivity contribution in [2.45, 2.75) is 38.0 Å². The number of aliphatic hydroxyl groups excluding tert-OH is 1. The Morgan fingerprint density at radius 3 is 2.26 bits per heavy atom. The average molecular weight is 465 g/mol. The number of morpholine rings is 1. The van der Waals surface area contributed by atoms with E-state index in [1.807, 2.05) is 36.1 Å². The van der Waals surface area contributed by atoms with E-state index in [9.17, 15) is 9.59 Å². The van der Waals surface area contributed by atoms with E-state index in [1.165, 1.54) is 0 Å². The second-order valence-corrected chi connectivity index (χ2v) is 8.36. The van der Waals surface area contributed by atoms with Crippen LogP contribution in [0.5, 0.6) is 0 Å². The van der Waals surface area contributed by atoms with Crippen LogP contribution in [0.4, 0.5) is 0 Å². The summed E-state index contributed by atoms with van der Waals surface area (Å²) in [6.07, 6.45) is 1.10. The quantitative estimate of drug-likeness (QED) is 0.620. The molecule has 6 nitrogen and oxygen atoms in total.